The van der Waals surface area contributed by atoms with Crippen molar-refractivity contribution in [3.63, 3.8) is 0 Å². The Morgan fingerprint density at radius 2 is 1.73 bits per heavy atom. The van der Waals surface area contributed by atoms with Crippen LogP contribution < -0.4 is 5.73 Å². The van der Waals surface area contributed by atoms with Crippen molar-refractivity contribution in [3.8, 4) is 0 Å². The van der Waals surface area contributed by atoms with E-state index in [1.807, 2.05) is 0 Å². The molecule has 1 aromatic rings. The van der Waals surface area contributed by atoms with Crippen LogP contribution in [-0.4, -0.2) is 0 Å². The van der Waals surface area contributed by atoms with Crippen molar-refractivity contribution in [3.05, 3.63) is 35.6 Å². The van der Waals surface area contributed by atoms with Gasteiger partial charge in [0.2, 0.25) is 0 Å². The summed E-state index contributed by atoms with van der Waals surface area (Å²) in [7, 11) is 0. The fraction of sp³-hybridized carbons (Fsp3) is 0.333. The van der Waals surface area contributed by atoms with Gasteiger partial charge in [-0.2, -0.15) is 0 Å². The van der Waals surface area contributed by atoms with Crippen LogP contribution in [0.1, 0.15) is 18.4 Å². The van der Waals surface area contributed by atoms with Crippen LogP contribution >= 0.6 is 0 Å². The Hall–Kier alpha value is -0.890. The van der Waals surface area contributed by atoms with Gasteiger partial charge in [-0.15, -0.1) is 0 Å². The van der Waals surface area contributed by atoms with Crippen molar-refractivity contribution in [2.45, 2.75) is 18.4 Å². The third-order valence-electron chi connectivity index (χ3n) is 2.15. The largest absolute Gasteiger partial charge is 0.246 e. The second kappa shape index (κ2) is 2.05. The Balaban J connectivity index is 2.33. The van der Waals surface area contributed by atoms with Crippen LogP contribution in [0.25, 0.3) is 0 Å². The van der Waals surface area contributed by atoms with Gasteiger partial charge in [-0.05, 0) is 30.5 Å². The summed E-state index contributed by atoms with van der Waals surface area (Å²) in [6.45, 7) is 0. The van der Waals surface area contributed by atoms with Crippen LogP contribution in [-0.2, 0) is 5.54 Å². The highest BCUT2D eigenvalue weighted by Gasteiger charge is 2.40. The molecular weight excluding hydrogens is 141 g/mol. The molecule has 0 aliphatic heterocycles. The molecule has 1 radical (unpaired) electrons. The molecular formula is C9H9FN. The van der Waals surface area contributed by atoms with Gasteiger partial charge >= 0.3 is 0 Å². The number of rotatable bonds is 1. The van der Waals surface area contributed by atoms with Crippen molar-refractivity contribution >= 4 is 0 Å². The van der Waals surface area contributed by atoms with Gasteiger partial charge in [0.25, 0.3) is 0 Å². The Labute approximate surface area is 65.0 Å². The second-order valence-electron chi connectivity index (χ2n) is 3.09. The molecule has 0 heterocycles. The molecule has 11 heavy (non-hydrogen) atoms. The van der Waals surface area contributed by atoms with E-state index in [1.54, 1.807) is 12.1 Å². The van der Waals surface area contributed by atoms with E-state index in [0.29, 0.717) is 0 Å². The van der Waals surface area contributed by atoms with Crippen LogP contribution in [0, 0.1) is 5.82 Å². The van der Waals surface area contributed by atoms with E-state index in [2.05, 4.69) is 0 Å². The molecule has 1 aliphatic carbocycles. The first-order valence-corrected chi connectivity index (χ1v) is 3.72. The average Bonchev–Trinajstić information content (AvgIpc) is 2.70. The lowest BCUT2D eigenvalue weighted by Gasteiger charge is -2.05. The summed E-state index contributed by atoms with van der Waals surface area (Å²) < 4.78 is 12.4. The van der Waals surface area contributed by atoms with Crippen LogP contribution in [0.4, 0.5) is 4.39 Å². The molecule has 0 saturated heterocycles. The SMILES string of the molecule is [NH]C1(c2ccc(F)cc2)CC1. The van der Waals surface area contributed by atoms with Gasteiger partial charge < -0.3 is 0 Å². The van der Waals surface area contributed by atoms with Crippen molar-refractivity contribution in [2.75, 3.05) is 0 Å². The van der Waals surface area contributed by atoms with Gasteiger partial charge in [0.05, 0.1) is 5.54 Å². The third kappa shape index (κ3) is 1.14. The minimum atomic E-state index is -0.381. The summed E-state index contributed by atoms with van der Waals surface area (Å²) in [5.74, 6) is -0.224. The first-order chi connectivity index (χ1) is 5.21. The lowest BCUT2D eigenvalue weighted by Crippen LogP contribution is -2.06. The topological polar surface area (TPSA) is 23.8 Å². The summed E-state index contributed by atoms with van der Waals surface area (Å²) in [5.41, 5.74) is 8.29. The Morgan fingerprint density at radius 1 is 1.18 bits per heavy atom. The number of benzene rings is 1. The van der Waals surface area contributed by atoms with E-state index in [4.69, 9.17) is 5.73 Å². The summed E-state index contributed by atoms with van der Waals surface area (Å²) in [4.78, 5) is 0. The van der Waals surface area contributed by atoms with Crippen molar-refractivity contribution in [1.82, 2.24) is 5.73 Å². The number of hydrogen-bond donors (Lipinski definition) is 0. The molecule has 0 spiro atoms. The van der Waals surface area contributed by atoms with Crippen LogP contribution in [0.15, 0.2) is 24.3 Å². The fourth-order valence-electron chi connectivity index (χ4n) is 1.18. The molecule has 0 aromatic heterocycles. The third-order valence-corrected chi connectivity index (χ3v) is 2.15. The van der Waals surface area contributed by atoms with E-state index < -0.39 is 0 Å². The fourth-order valence-corrected chi connectivity index (χ4v) is 1.18. The molecule has 0 amide bonds. The average molecular weight is 150 g/mol. The maximum atomic E-state index is 12.4. The Bertz CT molecular complexity index is 261. The van der Waals surface area contributed by atoms with E-state index in [0.717, 1.165) is 18.4 Å². The summed E-state index contributed by atoms with van der Waals surface area (Å²) in [6, 6.07) is 6.25. The summed E-state index contributed by atoms with van der Waals surface area (Å²) in [5, 5.41) is 0. The zero-order chi connectivity index (χ0) is 7.90. The molecule has 0 unspecified atom stereocenters. The predicted molar refractivity (Wildman–Crippen MR) is 40.4 cm³/mol. The first kappa shape index (κ1) is 6.80. The number of halogens is 1. The quantitative estimate of drug-likeness (QED) is 0.585. The molecule has 1 fully saturated rings. The molecule has 1 nitrogen and oxygen atoms in total. The van der Waals surface area contributed by atoms with Crippen LogP contribution in [0.5, 0.6) is 0 Å². The molecule has 0 atom stereocenters. The van der Waals surface area contributed by atoms with Gasteiger partial charge in [0, 0.05) is 0 Å². The van der Waals surface area contributed by atoms with E-state index in [9.17, 15) is 4.39 Å². The monoisotopic (exact) mass is 150 g/mol. The van der Waals surface area contributed by atoms with E-state index in [1.165, 1.54) is 12.1 Å². The van der Waals surface area contributed by atoms with Gasteiger partial charge in [0.15, 0.2) is 0 Å². The predicted octanol–water partition coefficient (Wildman–Crippen LogP) is 2.10. The molecule has 1 N–H and O–H groups in total. The van der Waals surface area contributed by atoms with Gasteiger partial charge in [-0.1, -0.05) is 12.1 Å². The summed E-state index contributed by atoms with van der Waals surface area (Å²) >= 11 is 0. The van der Waals surface area contributed by atoms with E-state index in [-0.39, 0.29) is 11.4 Å². The molecule has 2 rings (SSSR count). The smallest absolute Gasteiger partial charge is 0.123 e. The highest BCUT2D eigenvalue weighted by molar-refractivity contribution is 5.29. The maximum absolute atomic E-state index is 12.4. The number of hydrogen-bond acceptors (Lipinski definition) is 0. The highest BCUT2D eigenvalue weighted by atomic mass is 19.1. The molecule has 2 heteroatoms. The molecule has 0 bridgehead atoms. The second-order valence-corrected chi connectivity index (χ2v) is 3.09. The first-order valence-electron chi connectivity index (χ1n) is 3.72. The minimum Gasteiger partial charge on any atom is -0.246 e. The molecule has 1 aromatic carbocycles. The van der Waals surface area contributed by atoms with Crippen molar-refractivity contribution in [2.24, 2.45) is 0 Å². The normalized spacial score (nSPS) is 19.8. The molecule has 1 aliphatic rings. The minimum absolute atomic E-state index is 0.224. The van der Waals surface area contributed by atoms with Crippen molar-refractivity contribution < 1.29 is 4.39 Å². The zero-order valence-corrected chi connectivity index (χ0v) is 6.10. The maximum Gasteiger partial charge on any atom is 0.123 e. The molecule has 57 valence electrons. The van der Waals surface area contributed by atoms with Crippen LogP contribution in [0.2, 0.25) is 0 Å². The Kier molecular flexibility index (Phi) is 1.26. The zero-order valence-electron chi connectivity index (χ0n) is 6.10. The highest BCUT2D eigenvalue weighted by Crippen LogP contribution is 2.44. The van der Waals surface area contributed by atoms with Gasteiger partial charge in [-0.25, -0.2) is 10.1 Å². The van der Waals surface area contributed by atoms with Crippen LogP contribution in [0.3, 0.4) is 0 Å². The Morgan fingerprint density at radius 3 is 2.18 bits per heavy atom. The van der Waals surface area contributed by atoms with Gasteiger partial charge in [-0.3, -0.25) is 0 Å². The van der Waals surface area contributed by atoms with Gasteiger partial charge in [0.1, 0.15) is 5.82 Å². The number of nitrogens with one attached hydrogen (secondary N) is 1. The summed E-state index contributed by atoms with van der Waals surface area (Å²) in [6.07, 6.45) is 1.83. The lowest BCUT2D eigenvalue weighted by atomic mass is 10.1. The molecule has 1 saturated carbocycles. The standard InChI is InChI=1S/C9H9FN/c10-8-3-1-7(2-4-8)9(11)5-6-9/h1-4,11H,5-6H2. The lowest BCUT2D eigenvalue weighted by molar-refractivity contribution is 0.623. The van der Waals surface area contributed by atoms with E-state index >= 15 is 0 Å². The van der Waals surface area contributed by atoms with Crippen molar-refractivity contribution in [1.29, 1.82) is 0 Å².